The van der Waals surface area contributed by atoms with Crippen LogP contribution in [0.5, 0.6) is 0 Å². The highest BCUT2D eigenvalue weighted by Gasteiger charge is 2.24. The van der Waals surface area contributed by atoms with Crippen LogP contribution in [0.15, 0.2) is 18.2 Å². The lowest BCUT2D eigenvalue weighted by Crippen LogP contribution is -2.30. The minimum Gasteiger partial charge on any atom is -0.317 e. The molecule has 1 atom stereocenters. The molecule has 0 amide bonds. The smallest absolute Gasteiger partial charge is 0.129 e. The molecule has 0 saturated carbocycles. The maximum atomic E-state index is 13.5. The predicted octanol–water partition coefficient (Wildman–Crippen LogP) is 3.53. The Hall–Kier alpha value is -0.960. The molecule has 3 heteroatoms. The molecular formula is C14H21F2N. The van der Waals surface area contributed by atoms with Crippen LogP contribution in [-0.2, 0) is 6.42 Å². The molecule has 1 aromatic carbocycles. The lowest BCUT2D eigenvalue weighted by atomic mass is 9.80. The first kappa shape index (κ1) is 14.1. The maximum absolute atomic E-state index is 13.5. The molecule has 0 heterocycles. The van der Waals surface area contributed by atoms with Gasteiger partial charge in [0.15, 0.2) is 0 Å². The van der Waals surface area contributed by atoms with Crippen molar-refractivity contribution in [3.63, 3.8) is 0 Å². The summed E-state index contributed by atoms with van der Waals surface area (Å²) < 4.78 is 27.1. The first-order valence-corrected chi connectivity index (χ1v) is 5.96. The molecule has 0 saturated heterocycles. The van der Waals surface area contributed by atoms with Gasteiger partial charge in [0.2, 0.25) is 0 Å². The van der Waals surface area contributed by atoms with E-state index in [-0.39, 0.29) is 11.0 Å². The van der Waals surface area contributed by atoms with Crippen LogP contribution >= 0.6 is 0 Å². The summed E-state index contributed by atoms with van der Waals surface area (Å²) in [5.74, 6) is -0.898. The van der Waals surface area contributed by atoms with Gasteiger partial charge in [0.25, 0.3) is 0 Å². The normalized spacial score (nSPS) is 13.8. The number of nitrogens with one attached hydrogen (secondary N) is 1. The summed E-state index contributed by atoms with van der Waals surface area (Å²) in [6, 6.07) is 4.36. The highest BCUT2D eigenvalue weighted by Crippen LogP contribution is 2.29. The van der Waals surface area contributed by atoms with Gasteiger partial charge in [-0.05, 0) is 44.4 Å². The molecule has 0 aliphatic heterocycles. The molecular weight excluding hydrogens is 220 g/mol. The number of benzene rings is 1. The third-order valence-electron chi connectivity index (χ3n) is 3.07. The van der Waals surface area contributed by atoms with Crippen LogP contribution in [-0.4, -0.2) is 13.1 Å². The Morgan fingerprint density at radius 2 is 1.76 bits per heavy atom. The summed E-state index contributed by atoms with van der Waals surface area (Å²) in [4.78, 5) is 0. The number of hydrogen-bond donors (Lipinski definition) is 1. The molecule has 1 nitrogen and oxygen atoms in total. The minimum atomic E-state index is -0.449. The van der Waals surface area contributed by atoms with E-state index in [4.69, 9.17) is 0 Å². The number of rotatable bonds is 5. The zero-order valence-electron chi connectivity index (χ0n) is 11.0. The van der Waals surface area contributed by atoms with Gasteiger partial charge < -0.3 is 5.32 Å². The van der Waals surface area contributed by atoms with Crippen molar-refractivity contribution < 1.29 is 8.78 Å². The molecule has 0 aliphatic rings. The second-order valence-corrected chi connectivity index (χ2v) is 5.44. The number of hydrogen-bond acceptors (Lipinski definition) is 1. The summed E-state index contributed by atoms with van der Waals surface area (Å²) in [6.45, 7) is 6.14. The fraction of sp³-hybridized carbons (Fsp3) is 0.571. The van der Waals surface area contributed by atoms with Crippen LogP contribution in [0.1, 0.15) is 32.8 Å². The molecule has 0 bridgehead atoms. The zero-order chi connectivity index (χ0) is 13.1. The first-order valence-electron chi connectivity index (χ1n) is 5.96. The van der Waals surface area contributed by atoms with Gasteiger partial charge in [0, 0.05) is 11.6 Å². The summed E-state index contributed by atoms with van der Waals surface area (Å²) >= 11 is 0. The lowest BCUT2D eigenvalue weighted by molar-refractivity contribution is 0.286. The monoisotopic (exact) mass is 241 g/mol. The third-order valence-corrected chi connectivity index (χ3v) is 3.07. The standard InChI is InChI=1S/C14H21F2N/c1-10(17-4)8-14(2,3)9-11-12(15)6-5-7-13(11)16/h5-7,10,17H,8-9H2,1-4H3. The molecule has 0 radical (unpaired) electrons. The molecule has 1 N–H and O–H groups in total. The van der Waals surface area contributed by atoms with Crippen molar-refractivity contribution in [2.24, 2.45) is 5.41 Å². The molecule has 0 fully saturated rings. The van der Waals surface area contributed by atoms with Crippen LogP contribution in [0.25, 0.3) is 0 Å². The molecule has 1 unspecified atom stereocenters. The highest BCUT2D eigenvalue weighted by molar-refractivity contribution is 5.21. The van der Waals surface area contributed by atoms with Crippen LogP contribution in [0, 0.1) is 17.0 Å². The van der Waals surface area contributed by atoms with Crippen molar-refractivity contribution in [2.75, 3.05) is 7.05 Å². The van der Waals surface area contributed by atoms with Crippen molar-refractivity contribution in [3.05, 3.63) is 35.4 Å². The lowest BCUT2D eigenvalue weighted by Gasteiger charge is -2.28. The van der Waals surface area contributed by atoms with Gasteiger partial charge in [-0.1, -0.05) is 19.9 Å². The first-order chi connectivity index (χ1) is 7.85. The average molecular weight is 241 g/mol. The maximum Gasteiger partial charge on any atom is 0.129 e. The van der Waals surface area contributed by atoms with Crippen LogP contribution in [0.3, 0.4) is 0 Å². The van der Waals surface area contributed by atoms with E-state index in [1.54, 1.807) is 0 Å². The summed E-state index contributed by atoms with van der Waals surface area (Å²) in [6.07, 6.45) is 1.29. The average Bonchev–Trinajstić information content (AvgIpc) is 2.23. The van der Waals surface area contributed by atoms with Crippen molar-refractivity contribution in [2.45, 2.75) is 39.7 Å². The van der Waals surface area contributed by atoms with Gasteiger partial charge in [-0.3, -0.25) is 0 Å². The van der Waals surface area contributed by atoms with E-state index in [0.29, 0.717) is 12.5 Å². The Labute approximate surface area is 102 Å². The van der Waals surface area contributed by atoms with Crippen LogP contribution in [0.4, 0.5) is 8.78 Å². The largest absolute Gasteiger partial charge is 0.317 e. The van der Waals surface area contributed by atoms with E-state index in [1.165, 1.54) is 18.2 Å². The Balaban J connectivity index is 2.82. The van der Waals surface area contributed by atoms with Gasteiger partial charge >= 0.3 is 0 Å². The fourth-order valence-electron chi connectivity index (χ4n) is 2.18. The van der Waals surface area contributed by atoms with Crippen LogP contribution in [0.2, 0.25) is 0 Å². The van der Waals surface area contributed by atoms with Crippen molar-refractivity contribution in [3.8, 4) is 0 Å². The van der Waals surface area contributed by atoms with Crippen molar-refractivity contribution in [1.82, 2.24) is 5.32 Å². The van der Waals surface area contributed by atoms with E-state index in [1.807, 2.05) is 20.9 Å². The summed E-state index contributed by atoms with van der Waals surface area (Å²) in [7, 11) is 1.89. The van der Waals surface area contributed by atoms with Gasteiger partial charge in [0.1, 0.15) is 11.6 Å². The second kappa shape index (κ2) is 5.58. The second-order valence-electron chi connectivity index (χ2n) is 5.44. The highest BCUT2D eigenvalue weighted by atomic mass is 19.1. The quantitative estimate of drug-likeness (QED) is 0.831. The molecule has 17 heavy (non-hydrogen) atoms. The third kappa shape index (κ3) is 4.08. The van der Waals surface area contributed by atoms with E-state index in [2.05, 4.69) is 12.2 Å². The molecule has 96 valence electrons. The van der Waals surface area contributed by atoms with Gasteiger partial charge in [-0.15, -0.1) is 0 Å². The Bertz CT molecular complexity index is 354. The molecule has 0 spiro atoms. The van der Waals surface area contributed by atoms with Crippen molar-refractivity contribution in [1.29, 1.82) is 0 Å². The minimum absolute atomic E-state index is 0.133. The van der Waals surface area contributed by atoms with Crippen molar-refractivity contribution >= 4 is 0 Å². The summed E-state index contributed by atoms with van der Waals surface area (Å²) in [5.41, 5.74) is 0.0617. The molecule has 1 aromatic rings. The van der Waals surface area contributed by atoms with Crippen LogP contribution < -0.4 is 5.32 Å². The van der Waals surface area contributed by atoms with E-state index in [9.17, 15) is 8.78 Å². The molecule has 1 rings (SSSR count). The Morgan fingerprint density at radius 3 is 2.24 bits per heavy atom. The van der Waals surface area contributed by atoms with Gasteiger partial charge in [0.05, 0.1) is 0 Å². The SMILES string of the molecule is CNC(C)CC(C)(C)Cc1c(F)cccc1F. The van der Waals surface area contributed by atoms with Gasteiger partial charge in [-0.2, -0.15) is 0 Å². The molecule has 0 aromatic heterocycles. The number of halogens is 2. The topological polar surface area (TPSA) is 12.0 Å². The predicted molar refractivity (Wildman–Crippen MR) is 67.0 cm³/mol. The zero-order valence-corrected chi connectivity index (χ0v) is 11.0. The molecule has 0 aliphatic carbocycles. The van der Waals surface area contributed by atoms with E-state index < -0.39 is 11.6 Å². The van der Waals surface area contributed by atoms with E-state index in [0.717, 1.165) is 6.42 Å². The van der Waals surface area contributed by atoms with Gasteiger partial charge in [-0.25, -0.2) is 8.78 Å². The van der Waals surface area contributed by atoms with E-state index >= 15 is 0 Å². The summed E-state index contributed by atoms with van der Waals surface area (Å²) in [5, 5.41) is 3.15. The Morgan fingerprint density at radius 1 is 1.24 bits per heavy atom. The Kier molecular flexibility index (Phi) is 4.63. The fourth-order valence-corrected chi connectivity index (χ4v) is 2.18.